The van der Waals surface area contributed by atoms with E-state index in [1.54, 1.807) is 0 Å². The molecule has 4 N–H and O–H groups in total. The molecular formula is C15H29N3O. The first-order valence-electron chi connectivity index (χ1n) is 7.78. The van der Waals surface area contributed by atoms with Crippen molar-refractivity contribution >= 4 is 5.91 Å². The lowest BCUT2D eigenvalue weighted by Crippen LogP contribution is -2.55. The van der Waals surface area contributed by atoms with Gasteiger partial charge in [0, 0.05) is 6.04 Å². The van der Waals surface area contributed by atoms with Gasteiger partial charge in [-0.3, -0.25) is 4.79 Å². The molecule has 110 valence electrons. The van der Waals surface area contributed by atoms with Crippen molar-refractivity contribution in [3.63, 3.8) is 0 Å². The molecule has 3 atom stereocenters. The zero-order chi connectivity index (χ0) is 14.0. The van der Waals surface area contributed by atoms with E-state index in [9.17, 15) is 4.79 Å². The lowest BCUT2D eigenvalue weighted by molar-refractivity contribution is -0.124. The molecule has 0 aromatic heterocycles. The minimum atomic E-state index is -0.743. The van der Waals surface area contributed by atoms with E-state index in [0.717, 1.165) is 32.2 Å². The molecule has 1 aliphatic carbocycles. The fraction of sp³-hybridized carbons (Fsp3) is 0.933. The van der Waals surface area contributed by atoms with Gasteiger partial charge in [-0.2, -0.15) is 0 Å². The van der Waals surface area contributed by atoms with Crippen LogP contribution in [0, 0.1) is 11.8 Å². The minimum Gasteiger partial charge on any atom is -0.368 e. The van der Waals surface area contributed by atoms with Gasteiger partial charge in [-0.15, -0.1) is 0 Å². The van der Waals surface area contributed by atoms with Crippen LogP contribution < -0.4 is 11.5 Å². The number of nitrogens with two attached hydrogens (primary N) is 2. The molecule has 1 aliphatic heterocycles. The Kier molecular flexibility index (Phi) is 4.51. The van der Waals surface area contributed by atoms with Gasteiger partial charge in [0.2, 0.25) is 5.91 Å². The lowest BCUT2D eigenvalue weighted by atomic mass is 9.84. The standard InChI is InChI=1S/C15H29N3O/c1-11(2)13-6-4-9-18(13)10-7-12-5-3-8-15(12,17)14(16)19/h11-13H,3-10,17H2,1-2H3,(H2,16,19). The van der Waals surface area contributed by atoms with E-state index in [2.05, 4.69) is 18.7 Å². The summed E-state index contributed by atoms with van der Waals surface area (Å²) >= 11 is 0. The van der Waals surface area contributed by atoms with Gasteiger partial charge in [-0.25, -0.2) is 0 Å². The molecule has 4 nitrogen and oxygen atoms in total. The molecule has 2 rings (SSSR count). The quantitative estimate of drug-likeness (QED) is 0.792. The zero-order valence-corrected chi connectivity index (χ0v) is 12.4. The maximum atomic E-state index is 11.6. The van der Waals surface area contributed by atoms with Crippen LogP contribution in [0.15, 0.2) is 0 Å². The largest absolute Gasteiger partial charge is 0.368 e. The van der Waals surface area contributed by atoms with Crippen LogP contribution in [-0.4, -0.2) is 35.5 Å². The number of amides is 1. The van der Waals surface area contributed by atoms with Gasteiger partial charge >= 0.3 is 0 Å². The normalized spacial score (nSPS) is 36.2. The smallest absolute Gasteiger partial charge is 0.237 e. The third-order valence-electron chi connectivity index (χ3n) is 5.28. The van der Waals surface area contributed by atoms with Crippen LogP contribution in [0.1, 0.15) is 52.4 Å². The first-order chi connectivity index (χ1) is 8.95. The molecule has 1 saturated carbocycles. The Balaban J connectivity index is 1.90. The van der Waals surface area contributed by atoms with Crippen molar-refractivity contribution in [2.24, 2.45) is 23.3 Å². The first kappa shape index (κ1) is 14.8. The van der Waals surface area contributed by atoms with Gasteiger partial charge in [0.25, 0.3) is 0 Å². The minimum absolute atomic E-state index is 0.276. The Morgan fingerprint density at radius 3 is 2.74 bits per heavy atom. The molecule has 0 aromatic rings. The number of hydrogen-bond acceptors (Lipinski definition) is 3. The van der Waals surface area contributed by atoms with Gasteiger partial charge in [0.1, 0.15) is 0 Å². The second-order valence-electron chi connectivity index (χ2n) is 6.77. The molecule has 0 bridgehead atoms. The number of carbonyl (C=O) groups excluding carboxylic acids is 1. The van der Waals surface area contributed by atoms with Crippen LogP contribution in [0.2, 0.25) is 0 Å². The van der Waals surface area contributed by atoms with Crippen LogP contribution in [0.5, 0.6) is 0 Å². The number of primary amides is 1. The summed E-state index contributed by atoms with van der Waals surface area (Å²) < 4.78 is 0. The van der Waals surface area contributed by atoms with Gasteiger partial charge in [0.15, 0.2) is 0 Å². The van der Waals surface area contributed by atoms with Crippen molar-refractivity contribution in [1.82, 2.24) is 4.90 Å². The van der Waals surface area contributed by atoms with E-state index in [-0.39, 0.29) is 11.8 Å². The van der Waals surface area contributed by atoms with E-state index < -0.39 is 5.54 Å². The van der Waals surface area contributed by atoms with Gasteiger partial charge in [0.05, 0.1) is 5.54 Å². The average Bonchev–Trinajstić information content (AvgIpc) is 2.93. The molecule has 19 heavy (non-hydrogen) atoms. The summed E-state index contributed by atoms with van der Waals surface area (Å²) in [6, 6.07) is 0.710. The molecule has 1 saturated heterocycles. The Morgan fingerprint density at radius 1 is 1.37 bits per heavy atom. The monoisotopic (exact) mass is 267 g/mol. The molecule has 0 aromatic carbocycles. The summed E-state index contributed by atoms with van der Waals surface area (Å²) in [6.45, 7) is 6.87. The fourth-order valence-electron chi connectivity index (χ4n) is 4.04. The van der Waals surface area contributed by atoms with Crippen molar-refractivity contribution in [2.45, 2.75) is 64.0 Å². The van der Waals surface area contributed by atoms with E-state index in [1.807, 2.05) is 0 Å². The summed E-state index contributed by atoms with van der Waals surface area (Å²) in [5.41, 5.74) is 11.0. The van der Waals surface area contributed by atoms with Crippen LogP contribution in [0.4, 0.5) is 0 Å². The Labute approximate surface area is 116 Å². The SMILES string of the molecule is CC(C)C1CCCN1CCC1CCCC1(N)C(N)=O. The maximum absolute atomic E-state index is 11.6. The third-order valence-corrected chi connectivity index (χ3v) is 5.28. The maximum Gasteiger partial charge on any atom is 0.237 e. The van der Waals surface area contributed by atoms with Crippen LogP contribution in [-0.2, 0) is 4.79 Å². The first-order valence-corrected chi connectivity index (χ1v) is 7.78. The fourth-order valence-corrected chi connectivity index (χ4v) is 4.04. The second-order valence-corrected chi connectivity index (χ2v) is 6.77. The highest BCUT2D eigenvalue weighted by molar-refractivity contribution is 5.85. The van der Waals surface area contributed by atoms with Crippen molar-refractivity contribution in [2.75, 3.05) is 13.1 Å². The van der Waals surface area contributed by atoms with Gasteiger partial charge < -0.3 is 16.4 Å². The van der Waals surface area contributed by atoms with Crippen molar-refractivity contribution < 1.29 is 4.79 Å². The number of nitrogens with zero attached hydrogens (tertiary/aromatic N) is 1. The Bertz CT molecular complexity index is 331. The van der Waals surface area contributed by atoms with Crippen LogP contribution in [0.25, 0.3) is 0 Å². The summed E-state index contributed by atoms with van der Waals surface area (Å²) in [7, 11) is 0. The van der Waals surface area contributed by atoms with E-state index in [4.69, 9.17) is 11.5 Å². The van der Waals surface area contributed by atoms with Crippen molar-refractivity contribution in [3.05, 3.63) is 0 Å². The summed E-state index contributed by atoms with van der Waals surface area (Å²) in [4.78, 5) is 14.2. The molecule has 1 heterocycles. The lowest BCUT2D eigenvalue weighted by Gasteiger charge is -2.32. The number of rotatable bonds is 5. The Hall–Kier alpha value is -0.610. The highest BCUT2D eigenvalue weighted by atomic mass is 16.1. The molecule has 0 radical (unpaired) electrons. The number of hydrogen-bond donors (Lipinski definition) is 2. The highest BCUT2D eigenvalue weighted by Gasteiger charge is 2.44. The summed E-state index contributed by atoms with van der Waals surface area (Å²) in [6.07, 6.45) is 6.49. The number of likely N-dealkylation sites (tertiary alicyclic amines) is 1. The van der Waals surface area contributed by atoms with Crippen LogP contribution >= 0.6 is 0 Å². The predicted octanol–water partition coefficient (Wildman–Crippen LogP) is 1.48. The van der Waals surface area contributed by atoms with Crippen molar-refractivity contribution in [1.29, 1.82) is 0 Å². The topological polar surface area (TPSA) is 72.3 Å². The van der Waals surface area contributed by atoms with Gasteiger partial charge in [-0.1, -0.05) is 20.3 Å². The predicted molar refractivity (Wildman–Crippen MR) is 77.5 cm³/mol. The van der Waals surface area contributed by atoms with Crippen molar-refractivity contribution in [3.8, 4) is 0 Å². The zero-order valence-electron chi connectivity index (χ0n) is 12.4. The molecule has 1 amide bonds. The van der Waals surface area contributed by atoms with E-state index in [0.29, 0.717) is 12.0 Å². The third kappa shape index (κ3) is 2.95. The molecule has 2 aliphatic rings. The summed E-state index contributed by atoms with van der Waals surface area (Å²) in [5.74, 6) is 0.681. The Morgan fingerprint density at radius 2 is 2.11 bits per heavy atom. The molecule has 4 heteroatoms. The summed E-state index contributed by atoms with van der Waals surface area (Å²) in [5, 5.41) is 0. The molecular weight excluding hydrogens is 238 g/mol. The molecule has 2 fully saturated rings. The molecule has 3 unspecified atom stereocenters. The van der Waals surface area contributed by atoms with E-state index >= 15 is 0 Å². The number of carbonyl (C=O) groups is 1. The second kappa shape index (κ2) is 5.80. The van der Waals surface area contributed by atoms with E-state index in [1.165, 1.54) is 19.4 Å². The van der Waals surface area contributed by atoms with Gasteiger partial charge in [-0.05, 0) is 57.0 Å². The highest BCUT2D eigenvalue weighted by Crippen LogP contribution is 2.36. The van der Waals surface area contributed by atoms with Crippen LogP contribution in [0.3, 0.4) is 0 Å². The average molecular weight is 267 g/mol. The molecule has 0 spiro atoms.